The second-order valence-corrected chi connectivity index (χ2v) is 6.27. The van der Waals surface area contributed by atoms with Crippen LogP contribution in [0.2, 0.25) is 0 Å². The van der Waals surface area contributed by atoms with E-state index in [4.69, 9.17) is 5.73 Å². The van der Waals surface area contributed by atoms with Crippen LogP contribution in [-0.2, 0) is 10.2 Å². The van der Waals surface area contributed by atoms with E-state index >= 15 is 0 Å². The van der Waals surface area contributed by atoms with Crippen molar-refractivity contribution < 1.29 is 4.79 Å². The third-order valence-electron chi connectivity index (χ3n) is 3.73. The minimum Gasteiger partial charge on any atom is -0.309 e. The summed E-state index contributed by atoms with van der Waals surface area (Å²) in [6.07, 6.45) is -0.544. The number of carbonyl (C=O) groups is 1. The highest BCUT2D eigenvalue weighted by Crippen LogP contribution is 2.25. The van der Waals surface area contributed by atoms with Crippen molar-refractivity contribution in [2.75, 3.05) is 7.05 Å². The van der Waals surface area contributed by atoms with Gasteiger partial charge in [-0.25, -0.2) is 0 Å². The van der Waals surface area contributed by atoms with Crippen molar-refractivity contribution in [1.82, 2.24) is 4.90 Å². The molecule has 1 rings (SSSR count). The molecule has 0 aliphatic heterocycles. The highest BCUT2D eigenvalue weighted by molar-refractivity contribution is 5.80. The summed E-state index contributed by atoms with van der Waals surface area (Å²) in [5.74, 6) is -0.0133. The molecule has 0 saturated carbocycles. The molecule has 106 valence electrons. The number of likely N-dealkylation sites (N-methyl/N-ethyl adjacent to an activating group) is 1. The Hall–Kier alpha value is -1.19. The lowest BCUT2D eigenvalue weighted by atomic mass is 9.86. The van der Waals surface area contributed by atoms with Crippen LogP contribution in [0.15, 0.2) is 24.3 Å². The van der Waals surface area contributed by atoms with E-state index in [9.17, 15) is 4.79 Å². The van der Waals surface area contributed by atoms with Crippen molar-refractivity contribution in [1.29, 1.82) is 0 Å². The molecule has 0 amide bonds. The number of carbonyl (C=O) groups excluding carboxylic acids is 1. The standard InChI is InChI=1S/C16H26N2O/c1-11(18(6)15(17)12(2)19)13-7-9-14(10-8-13)16(3,4)5/h7-11,15H,17H2,1-6H3/t11?,15-/m1/s1. The van der Waals surface area contributed by atoms with Gasteiger partial charge in [-0.3, -0.25) is 9.69 Å². The monoisotopic (exact) mass is 262 g/mol. The van der Waals surface area contributed by atoms with Gasteiger partial charge in [-0.1, -0.05) is 45.0 Å². The normalized spacial score (nSPS) is 15.4. The van der Waals surface area contributed by atoms with E-state index in [1.54, 1.807) is 0 Å². The maximum absolute atomic E-state index is 11.3. The van der Waals surface area contributed by atoms with Crippen LogP contribution >= 0.6 is 0 Å². The second-order valence-electron chi connectivity index (χ2n) is 6.27. The molecule has 0 fully saturated rings. The van der Waals surface area contributed by atoms with Crippen LogP contribution in [0, 0.1) is 0 Å². The third-order valence-corrected chi connectivity index (χ3v) is 3.73. The van der Waals surface area contributed by atoms with E-state index in [2.05, 4.69) is 52.0 Å². The van der Waals surface area contributed by atoms with Crippen LogP contribution < -0.4 is 5.73 Å². The SMILES string of the molecule is CC(=O)[C@H](N)N(C)C(C)c1ccc(C(C)(C)C)cc1. The molecule has 0 heterocycles. The molecule has 1 aromatic carbocycles. The van der Waals surface area contributed by atoms with Gasteiger partial charge in [-0.05, 0) is 37.4 Å². The van der Waals surface area contributed by atoms with Crippen molar-refractivity contribution >= 4 is 5.78 Å². The maximum Gasteiger partial charge on any atom is 0.161 e. The highest BCUT2D eigenvalue weighted by atomic mass is 16.1. The van der Waals surface area contributed by atoms with Crippen LogP contribution in [0.3, 0.4) is 0 Å². The molecule has 1 aromatic rings. The Labute approximate surface area is 116 Å². The number of nitrogens with zero attached hydrogens (tertiary/aromatic N) is 1. The number of hydrogen-bond acceptors (Lipinski definition) is 3. The van der Waals surface area contributed by atoms with Gasteiger partial charge in [-0.15, -0.1) is 0 Å². The molecule has 0 aromatic heterocycles. The van der Waals surface area contributed by atoms with E-state index in [-0.39, 0.29) is 17.2 Å². The Morgan fingerprint density at radius 1 is 1.21 bits per heavy atom. The molecule has 2 atom stereocenters. The number of benzene rings is 1. The lowest BCUT2D eigenvalue weighted by Gasteiger charge is -2.29. The smallest absolute Gasteiger partial charge is 0.161 e. The fourth-order valence-electron chi connectivity index (χ4n) is 2.02. The van der Waals surface area contributed by atoms with E-state index in [0.717, 1.165) is 0 Å². The van der Waals surface area contributed by atoms with Gasteiger partial charge >= 0.3 is 0 Å². The Morgan fingerprint density at radius 2 is 1.68 bits per heavy atom. The van der Waals surface area contributed by atoms with Crippen LogP contribution in [0.4, 0.5) is 0 Å². The summed E-state index contributed by atoms with van der Waals surface area (Å²) in [6, 6.07) is 8.66. The highest BCUT2D eigenvalue weighted by Gasteiger charge is 2.21. The predicted octanol–water partition coefficient (Wildman–Crippen LogP) is 2.85. The minimum atomic E-state index is -0.544. The van der Waals surface area contributed by atoms with E-state index in [0.29, 0.717) is 0 Å². The first kappa shape index (κ1) is 15.9. The lowest BCUT2D eigenvalue weighted by Crippen LogP contribution is -2.45. The summed E-state index contributed by atoms with van der Waals surface area (Å²) >= 11 is 0. The molecular formula is C16H26N2O. The number of hydrogen-bond donors (Lipinski definition) is 1. The van der Waals surface area contributed by atoms with Gasteiger partial charge in [0.2, 0.25) is 0 Å². The molecule has 0 aliphatic rings. The third kappa shape index (κ3) is 3.88. The van der Waals surface area contributed by atoms with E-state index < -0.39 is 6.17 Å². The molecule has 0 radical (unpaired) electrons. The largest absolute Gasteiger partial charge is 0.309 e. The number of ketones is 1. The molecule has 2 N–H and O–H groups in total. The van der Waals surface area contributed by atoms with Crippen LogP contribution in [0.5, 0.6) is 0 Å². The Morgan fingerprint density at radius 3 is 2.05 bits per heavy atom. The molecule has 3 nitrogen and oxygen atoms in total. The first-order chi connectivity index (χ1) is 8.64. The average molecular weight is 262 g/mol. The lowest BCUT2D eigenvalue weighted by molar-refractivity contribution is -0.122. The first-order valence-corrected chi connectivity index (χ1v) is 6.73. The topological polar surface area (TPSA) is 46.3 Å². The van der Waals surface area contributed by atoms with Crippen molar-refractivity contribution in [3.63, 3.8) is 0 Å². The van der Waals surface area contributed by atoms with Gasteiger partial charge in [0.15, 0.2) is 5.78 Å². The fraction of sp³-hybridized carbons (Fsp3) is 0.562. The number of rotatable bonds is 4. The summed E-state index contributed by atoms with van der Waals surface area (Å²) in [5.41, 5.74) is 8.51. The summed E-state index contributed by atoms with van der Waals surface area (Å²) < 4.78 is 0. The van der Waals surface area contributed by atoms with Crippen LogP contribution in [0.1, 0.15) is 51.8 Å². The second kappa shape index (κ2) is 5.85. The minimum absolute atomic E-state index is 0.0133. The van der Waals surface area contributed by atoms with Gasteiger partial charge in [-0.2, -0.15) is 0 Å². The summed E-state index contributed by atoms with van der Waals surface area (Å²) in [4.78, 5) is 13.2. The summed E-state index contributed by atoms with van der Waals surface area (Å²) in [6.45, 7) is 10.2. The number of nitrogens with two attached hydrogens (primary N) is 1. The predicted molar refractivity (Wildman–Crippen MR) is 80.0 cm³/mol. The zero-order valence-corrected chi connectivity index (χ0v) is 12.9. The van der Waals surface area contributed by atoms with Crippen LogP contribution in [-0.4, -0.2) is 23.9 Å². The zero-order chi connectivity index (χ0) is 14.8. The summed E-state index contributed by atoms with van der Waals surface area (Å²) in [7, 11) is 1.88. The van der Waals surface area contributed by atoms with Gasteiger partial charge in [0.1, 0.15) is 6.17 Å². The van der Waals surface area contributed by atoms with Crippen molar-refractivity contribution in [2.45, 2.75) is 52.2 Å². The van der Waals surface area contributed by atoms with Gasteiger partial charge < -0.3 is 5.73 Å². The molecule has 0 saturated heterocycles. The Bertz CT molecular complexity index is 431. The van der Waals surface area contributed by atoms with Gasteiger partial charge in [0.05, 0.1) is 0 Å². The zero-order valence-electron chi connectivity index (χ0n) is 12.9. The molecule has 0 aliphatic carbocycles. The summed E-state index contributed by atoms with van der Waals surface area (Å²) in [5, 5.41) is 0. The molecule has 0 spiro atoms. The molecular weight excluding hydrogens is 236 g/mol. The van der Waals surface area contributed by atoms with Crippen molar-refractivity contribution in [3.8, 4) is 0 Å². The Kier molecular flexibility index (Phi) is 4.88. The molecule has 3 heteroatoms. The molecule has 19 heavy (non-hydrogen) atoms. The molecule has 0 bridgehead atoms. The first-order valence-electron chi connectivity index (χ1n) is 6.73. The van der Waals surface area contributed by atoms with E-state index in [1.165, 1.54) is 18.1 Å². The van der Waals surface area contributed by atoms with E-state index in [1.807, 2.05) is 11.9 Å². The molecule has 1 unspecified atom stereocenters. The number of Topliss-reactive ketones (excluding diaryl/α,β-unsaturated/α-hetero) is 1. The maximum atomic E-state index is 11.3. The van der Waals surface area contributed by atoms with Crippen molar-refractivity contribution in [2.24, 2.45) is 5.73 Å². The fourth-order valence-corrected chi connectivity index (χ4v) is 2.02. The Balaban J connectivity index is 2.89. The van der Waals surface area contributed by atoms with Gasteiger partial charge in [0.25, 0.3) is 0 Å². The van der Waals surface area contributed by atoms with Gasteiger partial charge in [0, 0.05) is 6.04 Å². The average Bonchev–Trinajstić information content (AvgIpc) is 2.35. The van der Waals surface area contributed by atoms with Crippen molar-refractivity contribution in [3.05, 3.63) is 35.4 Å². The van der Waals surface area contributed by atoms with Crippen LogP contribution in [0.25, 0.3) is 0 Å². The quantitative estimate of drug-likeness (QED) is 0.849.